The van der Waals surface area contributed by atoms with E-state index in [4.69, 9.17) is 5.73 Å². The van der Waals surface area contributed by atoms with Crippen molar-refractivity contribution in [1.82, 2.24) is 4.90 Å². The molecule has 1 atom stereocenters. The molecule has 0 radical (unpaired) electrons. The Bertz CT molecular complexity index is 380. The maximum Gasteiger partial charge on any atom is 0.0371 e. The monoisotopic (exact) mass is 216 g/mol. The minimum Gasteiger partial charge on any atom is -0.398 e. The molecule has 1 saturated heterocycles. The summed E-state index contributed by atoms with van der Waals surface area (Å²) in [5.41, 5.74) is 10.1. The Balaban J connectivity index is 1.98. The lowest BCUT2D eigenvalue weighted by Crippen LogP contribution is -2.29. The third kappa shape index (κ3) is 1.61. The minimum atomic E-state index is 0.604. The van der Waals surface area contributed by atoms with Gasteiger partial charge >= 0.3 is 0 Å². The zero-order valence-electron chi connectivity index (χ0n) is 9.78. The topological polar surface area (TPSA) is 29.3 Å². The molecule has 2 aliphatic rings. The molecule has 1 fully saturated rings. The summed E-state index contributed by atoms with van der Waals surface area (Å²) in [6, 6.07) is 7.02. The fourth-order valence-corrected chi connectivity index (χ4v) is 3.31. The second-order valence-corrected chi connectivity index (χ2v) is 5.07. The average Bonchev–Trinajstić information content (AvgIpc) is 2.82. The van der Waals surface area contributed by atoms with Crippen molar-refractivity contribution in [1.29, 1.82) is 0 Å². The van der Waals surface area contributed by atoms with Gasteiger partial charge in [0, 0.05) is 11.7 Å². The fourth-order valence-electron chi connectivity index (χ4n) is 3.31. The van der Waals surface area contributed by atoms with Crippen LogP contribution in [0.1, 0.15) is 42.9 Å². The number of aryl methyl sites for hydroxylation is 1. The van der Waals surface area contributed by atoms with Crippen molar-refractivity contribution in [2.45, 2.75) is 38.1 Å². The van der Waals surface area contributed by atoms with Crippen LogP contribution in [0.15, 0.2) is 18.2 Å². The van der Waals surface area contributed by atoms with Gasteiger partial charge in [-0.05, 0) is 62.4 Å². The highest BCUT2D eigenvalue weighted by molar-refractivity contribution is 5.53. The summed E-state index contributed by atoms with van der Waals surface area (Å²) in [7, 11) is 0. The van der Waals surface area contributed by atoms with Crippen molar-refractivity contribution >= 4 is 5.69 Å². The summed E-state index contributed by atoms with van der Waals surface area (Å²) in [5, 5.41) is 0. The lowest BCUT2D eigenvalue weighted by Gasteiger charge is -2.33. The number of fused-ring (bicyclic) bond motifs is 1. The summed E-state index contributed by atoms with van der Waals surface area (Å²) in [6.07, 6.45) is 6.54. The van der Waals surface area contributed by atoms with Crippen LogP contribution in [0.5, 0.6) is 0 Å². The molecule has 3 rings (SSSR count). The number of likely N-dealkylation sites (tertiary alicyclic amines) is 1. The van der Waals surface area contributed by atoms with Gasteiger partial charge in [-0.25, -0.2) is 0 Å². The van der Waals surface area contributed by atoms with E-state index in [2.05, 4.69) is 23.1 Å². The molecule has 1 unspecified atom stereocenters. The molecular formula is C14H20N2. The molecule has 1 heterocycles. The maximum absolute atomic E-state index is 6.17. The van der Waals surface area contributed by atoms with E-state index in [-0.39, 0.29) is 0 Å². The molecule has 0 saturated carbocycles. The van der Waals surface area contributed by atoms with Crippen LogP contribution in [0.2, 0.25) is 0 Å². The molecule has 1 aromatic carbocycles. The molecule has 0 spiro atoms. The van der Waals surface area contributed by atoms with Gasteiger partial charge in [-0.15, -0.1) is 0 Å². The highest BCUT2D eigenvalue weighted by Crippen LogP contribution is 2.38. The SMILES string of the molecule is Nc1cccc2c1C(N1CCCC1)CCC2. The second kappa shape index (κ2) is 4.10. The predicted octanol–water partition coefficient (Wildman–Crippen LogP) is 2.74. The first-order valence-corrected chi connectivity index (χ1v) is 6.47. The largest absolute Gasteiger partial charge is 0.398 e. The fraction of sp³-hybridized carbons (Fsp3) is 0.571. The van der Waals surface area contributed by atoms with Crippen LogP contribution in [-0.4, -0.2) is 18.0 Å². The number of nitrogens with zero attached hydrogens (tertiary/aromatic N) is 1. The Kier molecular flexibility index (Phi) is 2.60. The predicted molar refractivity (Wildman–Crippen MR) is 67.3 cm³/mol. The maximum atomic E-state index is 6.17. The summed E-state index contributed by atoms with van der Waals surface area (Å²) in [4.78, 5) is 2.63. The quantitative estimate of drug-likeness (QED) is 0.731. The van der Waals surface area contributed by atoms with E-state index < -0.39 is 0 Å². The van der Waals surface area contributed by atoms with Crippen LogP contribution >= 0.6 is 0 Å². The number of nitrogens with two attached hydrogens (primary N) is 1. The minimum absolute atomic E-state index is 0.604. The van der Waals surface area contributed by atoms with Crippen molar-refractivity contribution in [3.8, 4) is 0 Å². The first-order chi connectivity index (χ1) is 7.86. The molecule has 0 aromatic heterocycles. The highest BCUT2D eigenvalue weighted by Gasteiger charge is 2.28. The van der Waals surface area contributed by atoms with Gasteiger partial charge in [0.15, 0.2) is 0 Å². The number of nitrogen functional groups attached to an aromatic ring is 1. The number of anilines is 1. The highest BCUT2D eigenvalue weighted by atomic mass is 15.2. The third-order valence-corrected chi connectivity index (χ3v) is 4.07. The van der Waals surface area contributed by atoms with E-state index in [1.807, 2.05) is 0 Å². The summed E-state index contributed by atoms with van der Waals surface area (Å²) in [6.45, 7) is 2.52. The Morgan fingerprint density at radius 2 is 1.94 bits per heavy atom. The summed E-state index contributed by atoms with van der Waals surface area (Å²) in [5.74, 6) is 0. The smallest absolute Gasteiger partial charge is 0.0371 e. The lowest BCUT2D eigenvalue weighted by atomic mass is 9.86. The number of rotatable bonds is 1. The van der Waals surface area contributed by atoms with E-state index in [0.717, 1.165) is 5.69 Å². The number of hydrogen-bond donors (Lipinski definition) is 1. The zero-order valence-corrected chi connectivity index (χ0v) is 9.78. The molecule has 1 aliphatic heterocycles. The van der Waals surface area contributed by atoms with Crippen LogP contribution in [0.4, 0.5) is 5.69 Å². The van der Waals surface area contributed by atoms with Gasteiger partial charge < -0.3 is 5.73 Å². The van der Waals surface area contributed by atoms with Crippen LogP contribution in [0.3, 0.4) is 0 Å². The van der Waals surface area contributed by atoms with E-state index >= 15 is 0 Å². The van der Waals surface area contributed by atoms with E-state index in [1.54, 1.807) is 0 Å². The van der Waals surface area contributed by atoms with Gasteiger partial charge in [-0.1, -0.05) is 12.1 Å². The van der Waals surface area contributed by atoms with Crippen molar-refractivity contribution in [3.63, 3.8) is 0 Å². The molecule has 2 heteroatoms. The molecule has 16 heavy (non-hydrogen) atoms. The first-order valence-electron chi connectivity index (χ1n) is 6.47. The molecule has 1 aromatic rings. The first kappa shape index (κ1) is 10.2. The molecule has 86 valence electrons. The zero-order chi connectivity index (χ0) is 11.0. The molecule has 2 N–H and O–H groups in total. The summed E-state index contributed by atoms with van der Waals surface area (Å²) < 4.78 is 0. The normalized spacial score (nSPS) is 25.6. The van der Waals surface area contributed by atoms with Gasteiger partial charge in [0.25, 0.3) is 0 Å². The Labute approximate surface area is 97.4 Å². The van der Waals surface area contributed by atoms with Crippen LogP contribution < -0.4 is 5.73 Å². The third-order valence-electron chi connectivity index (χ3n) is 4.07. The van der Waals surface area contributed by atoms with Gasteiger partial charge in [0.2, 0.25) is 0 Å². The van der Waals surface area contributed by atoms with Gasteiger partial charge in [-0.2, -0.15) is 0 Å². The van der Waals surface area contributed by atoms with Crippen LogP contribution in [0.25, 0.3) is 0 Å². The second-order valence-electron chi connectivity index (χ2n) is 5.07. The van der Waals surface area contributed by atoms with E-state index in [1.165, 1.54) is 56.3 Å². The summed E-state index contributed by atoms with van der Waals surface area (Å²) >= 11 is 0. The van der Waals surface area contributed by atoms with Gasteiger partial charge in [0.1, 0.15) is 0 Å². The van der Waals surface area contributed by atoms with Crippen LogP contribution in [0, 0.1) is 0 Å². The molecule has 2 nitrogen and oxygen atoms in total. The molecular weight excluding hydrogens is 196 g/mol. The number of hydrogen-bond acceptors (Lipinski definition) is 2. The standard InChI is InChI=1S/C14H20N2/c15-12-7-3-5-11-6-4-8-13(14(11)12)16-9-1-2-10-16/h3,5,7,13H,1-2,4,6,8-10,15H2. The Hall–Kier alpha value is -1.02. The van der Waals surface area contributed by atoms with Crippen molar-refractivity contribution in [2.75, 3.05) is 18.8 Å². The van der Waals surface area contributed by atoms with E-state index in [0.29, 0.717) is 6.04 Å². The van der Waals surface area contributed by atoms with E-state index in [9.17, 15) is 0 Å². The van der Waals surface area contributed by atoms with Gasteiger partial charge in [0.05, 0.1) is 0 Å². The lowest BCUT2D eigenvalue weighted by molar-refractivity contribution is 0.222. The molecule has 0 amide bonds. The Morgan fingerprint density at radius 3 is 2.75 bits per heavy atom. The van der Waals surface area contributed by atoms with Gasteiger partial charge in [-0.3, -0.25) is 4.90 Å². The Morgan fingerprint density at radius 1 is 1.12 bits per heavy atom. The molecule has 0 bridgehead atoms. The van der Waals surface area contributed by atoms with Crippen LogP contribution in [-0.2, 0) is 6.42 Å². The number of benzene rings is 1. The molecule has 1 aliphatic carbocycles. The van der Waals surface area contributed by atoms with Crippen molar-refractivity contribution in [2.24, 2.45) is 0 Å². The van der Waals surface area contributed by atoms with Crippen molar-refractivity contribution < 1.29 is 0 Å². The van der Waals surface area contributed by atoms with Crippen molar-refractivity contribution in [3.05, 3.63) is 29.3 Å². The average molecular weight is 216 g/mol.